The SMILES string of the molecule is CCCCNC(=O)[C@@H](C)N(Cc1ccccc1F)C(=O)Cc1ccc(C)c(C)c1. The summed E-state index contributed by atoms with van der Waals surface area (Å²) in [7, 11) is 0. The highest BCUT2D eigenvalue weighted by molar-refractivity contribution is 5.88. The van der Waals surface area contributed by atoms with E-state index >= 15 is 0 Å². The second-order valence-corrected chi connectivity index (χ2v) is 7.53. The number of aryl methyl sites for hydroxylation is 2. The van der Waals surface area contributed by atoms with Gasteiger partial charge in [0.2, 0.25) is 11.8 Å². The van der Waals surface area contributed by atoms with Crippen LogP contribution in [0.1, 0.15) is 48.9 Å². The molecule has 0 saturated carbocycles. The quantitative estimate of drug-likeness (QED) is 0.640. The van der Waals surface area contributed by atoms with Gasteiger partial charge >= 0.3 is 0 Å². The van der Waals surface area contributed by atoms with Gasteiger partial charge in [-0.05, 0) is 49.9 Å². The molecule has 1 N–H and O–H groups in total. The van der Waals surface area contributed by atoms with E-state index in [1.54, 1.807) is 25.1 Å². The maximum absolute atomic E-state index is 14.2. The number of nitrogens with zero attached hydrogens (tertiary/aromatic N) is 1. The van der Waals surface area contributed by atoms with Crippen molar-refractivity contribution in [2.75, 3.05) is 6.54 Å². The lowest BCUT2D eigenvalue weighted by molar-refractivity contribution is -0.140. The molecule has 0 spiro atoms. The molecule has 0 aliphatic rings. The summed E-state index contributed by atoms with van der Waals surface area (Å²) >= 11 is 0. The number of benzene rings is 2. The average molecular weight is 399 g/mol. The standard InChI is InChI=1S/C24H31FN2O2/c1-5-6-13-26-24(29)19(4)27(16-21-9-7-8-10-22(21)25)23(28)15-20-12-11-17(2)18(3)14-20/h7-12,14,19H,5-6,13,15-16H2,1-4H3,(H,26,29)/t19-/m1/s1. The number of amides is 2. The van der Waals surface area contributed by atoms with E-state index in [9.17, 15) is 14.0 Å². The van der Waals surface area contributed by atoms with Crippen molar-refractivity contribution in [1.82, 2.24) is 10.2 Å². The molecule has 0 saturated heterocycles. The lowest BCUT2D eigenvalue weighted by Crippen LogP contribution is -2.48. The van der Waals surface area contributed by atoms with E-state index in [1.807, 2.05) is 39.0 Å². The molecule has 0 heterocycles. The third kappa shape index (κ3) is 6.41. The molecule has 4 nitrogen and oxygen atoms in total. The Bertz CT molecular complexity index is 851. The number of carbonyl (C=O) groups is 2. The number of unbranched alkanes of at least 4 members (excludes halogenated alkanes) is 1. The minimum Gasteiger partial charge on any atom is -0.354 e. The van der Waals surface area contributed by atoms with Crippen molar-refractivity contribution in [3.63, 3.8) is 0 Å². The molecule has 0 radical (unpaired) electrons. The monoisotopic (exact) mass is 398 g/mol. The lowest BCUT2D eigenvalue weighted by atomic mass is 10.0. The average Bonchev–Trinajstić information content (AvgIpc) is 2.69. The van der Waals surface area contributed by atoms with Gasteiger partial charge in [0, 0.05) is 18.7 Å². The third-order valence-corrected chi connectivity index (χ3v) is 5.22. The molecule has 2 aromatic carbocycles. The Morgan fingerprint density at radius 2 is 1.83 bits per heavy atom. The van der Waals surface area contributed by atoms with Crippen LogP contribution in [0.2, 0.25) is 0 Å². The zero-order valence-corrected chi connectivity index (χ0v) is 17.8. The zero-order chi connectivity index (χ0) is 21.4. The van der Waals surface area contributed by atoms with Crippen molar-refractivity contribution in [2.24, 2.45) is 0 Å². The molecule has 156 valence electrons. The summed E-state index contributed by atoms with van der Waals surface area (Å²) in [6, 6.07) is 11.6. The molecule has 0 fully saturated rings. The van der Waals surface area contributed by atoms with Gasteiger partial charge in [0.25, 0.3) is 0 Å². The molecular weight excluding hydrogens is 367 g/mol. The number of rotatable bonds is 9. The number of halogens is 1. The smallest absolute Gasteiger partial charge is 0.242 e. The van der Waals surface area contributed by atoms with Crippen molar-refractivity contribution in [1.29, 1.82) is 0 Å². The molecule has 2 amide bonds. The first-order valence-electron chi connectivity index (χ1n) is 10.2. The molecule has 5 heteroatoms. The number of hydrogen-bond donors (Lipinski definition) is 1. The van der Waals surface area contributed by atoms with Gasteiger partial charge in [0.1, 0.15) is 11.9 Å². The molecule has 0 unspecified atom stereocenters. The summed E-state index contributed by atoms with van der Waals surface area (Å²) in [5, 5.41) is 2.87. The highest BCUT2D eigenvalue weighted by Crippen LogP contribution is 2.16. The van der Waals surface area contributed by atoms with Crippen LogP contribution in [0, 0.1) is 19.7 Å². The molecule has 2 aromatic rings. The summed E-state index contributed by atoms with van der Waals surface area (Å²) < 4.78 is 14.2. The third-order valence-electron chi connectivity index (χ3n) is 5.22. The van der Waals surface area contributed by atoms with Crippen molar-refractivity contribution >= 4 is 11.8 Å². The maximum atomic E-state index is 14.2. The van der Waals surface area contributed by atoms with Crippen molar-refractivity contribution < 1.29 is 14.0 Å². The molecular formula is C24H31FN2O2. The molecule has 1 atom stereocenters. The van der Waals surface area contributed by atoms with Crippen LogP contribution in [-0.2, 0) is 22.6 Å². The van der Waals surface area contributed by atoms with Crippen molar-refractivity contribution in [2.45, 2.75) is 59.5 Å². The van der Waals surface area contributed by atoms with Crippen molar-refractivity contribution in [3.8, 4) is 0 Å². The minimum absolute atomic E-state index is 0.0543. The van der Waals surface area contributed by atoms with Gasteiger partial charge in [-0.1, -0.05) is 49.7 Å². The Morgan fingerprint density at radius 1 is 1.10 bits per heavy atom. The normalized spacial score (nSPS) is 11.8. The van der Waals surface area contributed by atoms with Crippen molar-refractivity contribution in [3.05, 3.63) is 70.5 Å². The predicted octanol–water partition coefficient (Wildman–Crippen LogP) is 4.32. The van der Waals surface area contributed by atoms with Gasteiger partial charge in [-0.25, -0.2) is 4.39 Å². The zero-order valence-electron chi connectivity index (χ0n) is 17.8. The van der Waals surface area contributed by atoms with Crippen LogP contribution in [0.3, 0.4) is 0 Å². The van der Waals surface area contributed by atoms with E-state index in [4.69, 9.17) is 0 Å². The molecule has 0 aliphatic carbocycles. The summed E-state index contributed by atoms with van der Waals surface area (Å²) in [5.74, 6) is -0.798. The van der Waals surface area contributed by atoms with E-state index < -0.39 is 6.04 Å². The van der Waals surface area contributed by atoms with Crippen LogP contribution in [0.15, 0.2) is 42.5 Å². The highest BCUT2D eigenvalue weighted by Gasteiger charge is 2.26. The molecule has 0 aliphatic heterocycles. The largest absolute Gasteiger partial charge is 0.354 e. The Morgan fingerprint density at radius 3 is 2.48 bits per heavy atom. The van der Waals surface area contributed by atoms with E-state index in [1.165, 1.54) is 11.0 Å². The van der Waals surface area contributed by atoms with E-state index in [0.29, 0.717) is 12.1 Å². The van der Waals surface area contributed by atoms with Crippen LogP contribution in [0.25, 0.3) is 0 Å². The van der Waals surface area contributed by atoms with Gasteiger partial charge in [-0.15, -0.1) is 0 Å². The summed E-state index contributed by atoms with van der Waals surface area (Å²) in [5.41, 5.74) is 3.55. The van der Waals surface area contributed by atoms with Crippen LogP contribution in [-0.4, -0.2) is 29.3 Å². The molecule has 29 heavy (non-hydrogen) atoms. The number of hydrogen-bond acceptors (Lipinski definition) is 2. The molecule has 0 bridgehead atoms. The Labute approximate surface area is 173 Å². The fraction of sp³-hybridized carbons (Fsp3) is 0.417. The highest BCUT2D eigenvalue weighted by atomic mass is 19.1. The fourth-order valence-electron chi connectivity index (χ4n) is 3.12. The van der Waals surface area contributed by atoms with Gasteiger partial charge < -0.3 is 10.2 Å². The Hall–Kier alpha value is -2.69. The maximum Gasteiger partial charge on any atom is 0.242 e. The first kappa shape index (κ1) is 22.6. The first-order valence-corrected chi connectivity index (χ1v) is 10.2. The van der Waals surface area contributed by atoms with Crippen LogP contribution in [0.4, 0.5) is 4.39 Å². The summed E-state index contributed by atoms with van der Waals surface area (Å²) in [4.78, 5) is 27.2. The van der Waals surface area contributed by atoms with Crippen LogP contribution in [0.5, 0.6) is 0 Å². The lowest BCUT2D eigenvalue weighted by Gasteiger charge is -2.29. The van der Waals surface area contributed by atoms with Gasteiger partial charge in [-0.3, -0.25) is 9.59 Å². The Kier molecular flexibility index (Phi) is 8.37. The first-order chi connectivity index (χ1) is 13.8. The summed E-state index contributed by atoms with van der Waals surface area (Å²) in [6.45, 7) is 8.39. The molecule has 0 aromatic heterocycles. The summed E-state index contributed by atoms with van der Waals surface area (Å²) in [6.07, 6.45) is 2.02. The van der Waals surface area contributed by atoms with Gasteiger partial charge in [-0.2, -0.15) is 0 Å². The minimum atomic E-state index is -0.689. The van der Waals surface area contributed by atoms with E-state index in [0.717, 1.165) is 29.5 Å². The van der Waals surface area contributed by atoms with E-state index in [2.05, 4.69) is 5.32 Å². The Balaban J connectivity index is 2.22. The topological polar surface area (TPSA) is 49.4 Å². The second kappa shape index (κ2) is 10.7. The molecule has 2 rings (SSSR count). The van der Waals surface area contributed by atoms with Gasteiger partial charge in [0.05, 0.1) is 6.42 Å². The fourth-order valence-corrected chi connectivity index (χ4v) is 3.12. The number of nitrogens with one attached hydrogen (secondary N) is 1. The van der Waals surface area contributed by atoms with Gasteiger partial charge in [0.15, 0.2) is 0 Å². The van der Waals surface area contributed by atoms with Crippen LogP contribution < -0.4 is 5.32 Å². The number of carbonyl (C=O) groups excluding carboxylic acids is 2. The van der Waals surface area contributed by atoms with Crippen LogP contribution >= 0.6 is 0 Å². The van der Waals surface area contributed by atoms with E-state index in [-0.39, 0.29) is 30.6 Å². The second-order valence-electron chi connectivity index (χ2n) is 7.53. The predicted molar refractivity (Wildman–Crippen MR) is 114 cm³/mol.